The number of ether oxygens (including phenoxy) is 1. The molecule has 1 amide bonds. The summed E-state index contributed by atoms with van der Waals surface area (Å²) in [5.74, 6) is -0.424. The van der Waals surface area contributed by atoms with E-state index in [4.69, 9.17) is 10.5 Å². The van der Waals surface area contributed by atoms with E-state index in [0.29, 0.717) is 5.75 Å². The standard InChI is InChI=1S/C21H18N4O3S/c22-20-19(23-10-11-24-20)21(27)28-12-18(26)25-15-8-4-5-9-17(15)29-13-16(25)14-6-2-1-3-7-14/h1-11,16H,12-13H2,(H2,22,24)/t16-/m1/s1. The predicted octanol–water partition coefficient (Wildman–Crippen LogP) is 3.10. The highest BCUT2D eigenvalue weighted by atomic mass is 32.2. The Morgan fingerprint density at radius 2 is 1.79 bits per heavy atom. The molecule has 0 spiro atoms. The van der Waals surface area contributed by atoms with Crippen LogP contribution in [0.1, 0.15) is 22.1 Å². The molecule has 1 aliphatic rings. The molecule has 0 saturated carbocycles. The van der Waals surface area contributed by atoms with Crippen LogP contribution >= 0.6 is 11.8 Å². The summed E-state index contributed by atoms with van der Waals surface area (Å²) < 4.78 is 5.20. The molecule has 7 nitrogen and oxygen atoms in total. The first-order valence-electron chi connectivity index (χ1n) is 8.97. The molecule has 0 saturated heterocycles. The van der Waals surface area contributed by atoms with Crippen molar-refractivity contribution in [1.82, 2.24) is 9.97 Å². The quantitative estimate of drug-likeness (QED) is 0.665. The predicted molar refractivity (Wildman–Crippen MR) is 111 cm³/mol. The van der Waals surface area contributed by atoms with Crippen LogP contribution in [0, 0.1) is 0 Å². The van der Waals surface area contributed by atoms with Crippen molar-refractivity contribution in [3.05, 3.63) is 78.2 Å². The number of para-hydroxylation sites is 1. The SMILES string of the molecule is Nc1nccnc1C(=O)OCC(=O)N1c2ccccc2SC[C@@H]1c1ccccc1. The summed E-state index contributed by atoms with van der Waals surface area (Å²) in [7, 11) is 0. The fourth-order valence-corrected chi connectivity index (χ4v) is 4.36. The van der Waals surface area contributed by atoms with Crippen LogP contribution in [0.3, 0.4) is 0 Å². The zero-order valence-electron chi connectivity index (χ0n) is 15.4. The first-order valence-corrected chi connectivity index (χ1v) is 9.96. The van der Waals surface area contributed by atoms with Gasteiger partial charge < -0.3 is 10.5 Å². The fraction of sp³-hybridized carbons (Fsp3) is 0.143. The number of fused-ring (bicyclic) bond motifs is 1. The number of thioether (sulfide) groups is 1. The normalized spacial score (nSPS) is 15.4. The van der Waals surface area contributed by atoms with E-state index in [1.807, 2.05) is 54.6 Å². The Labute approximate surface area is 171 Å². The Morgan fingerprint density at radius 1 is 1.07 bits per heavy atom. The third kappa shape index (κ3) is 3.93. The first kappa shape index (κ1) is 18.9. The van der Waals surface area contributed by atoms with Crippen molar-refractivity contribution in [3.8, 4) is 0 Å². The summed E-state index contributed by atoms with van der Waals surface area (Å²) in [6, 6.07) is 17.4. The molecule has 0 fully saturated rings. The lowest BCUT2D eigenvalue weighted by Gasteiger charge is -2.37. The summed E-state index contributed by atoms with van der Waals surface area (Å²) >= 11 is 1.70. The van der Waals surface area contributed by atoms with Crippen LogP contribution in [0.2, 0.25) is 0 Å². The maximum absolute atomic E-state index is 13.1. The molecule has 8 heteroatoms. The summed E-state index contributed by atoms with van der Waals surface area (Å²) in [5, 5.41) is 0. The van der Waals surface area contributed by atoms with Crippen LogP contribution in [0.4, 0.5) is 11.5 Å². The van der Waals surface area contributed by atoms with Gasteiger partial charge in [-0.2, -0.15) is 0 Å². The number of nitrogens with zero attached hydrogens (tertiary/aromatic N) is 3. The number of nitrogens with two attached hydrogens (primary N) is 1. The zero-order chi connectivity index (χ0) is 20.2. The molecule has 0 radical (unpaired) electrons. The monoisotopic (exact) mass is 406 g/mol. The van der Waals surface area contributed by atoms with E-state index < -0.39 is 12.6 Å². The maximum atomic E-state index is 13.1. The van der Waals surface area contributed by atoms with E-state index in [1.54, 1.807) is 16.7 Å². The molecule has 1 aliphatic heterocycles. The van der Waals surface area contributed by atoms with Gasteiger partial charge in [0, 0.05) is 23.0 Å². The van der Waals surface area contributed by atoms with E-state index in [1.165, 1.54) is 12.4 Å². The first-order chi connectivity index (χ1) is 14.1. The average molecular weight is 406 g/mol. The largest absolute Gasteiger partial charge is 0.451 e. The summed E-state index contributed by atoms with van der Waals surface area (Å²) in [4.78, 5) is 35.8. The Balaban J connectivity index is 1.58. The molecule has 3 aromatic rings. The molecule has 0 bridgehead atoms. The van der Waals surface area contributed by atoms with Crippen molar-refractivity contribution < 1.29 is 14.3 Å². The third-order valence-electron chi connectivity index (χ3n) is 4.53. The van der Waals surface area contributed by atoms with Crippen molar-refractivity contribution in [2.45, 2.75) is 10.9 Å². The fourth-order valence-electron chi connectivity index (χ4n) is 3.19. The van der Waals surface area contributed by atoms with E-state index in [9.17, 15) is 9.59 Å². The Kier molecular flexibility index (Phi) is 5.44. The minimum atomic E-state index is -0.778. The zero-order valence-corrected chi connectivity index (χ0v) is 16.2. The van der Waals surface area contributed by atoms with Crippen LogP contribution < -0.4 is 10.6 Å². The molecule has 1 aromatic heterocycles. The van der Waals surface area contributed by atoms with Crippen LogP contribution in [0.25, 0.3) is 0 Å². The van der Waals surface area contributed by atoms with E-state index in [2.05, 4.69) is 9.97 Å². The molecule has 0 unspecified atom stereocenters. The van der Waals surface area contributed by atoms with Crippen LogP contribution in [-0.4, -0.2) is 34.2 Å². The van der Waals surface area contributed by atoms with Gasteiger partial charge in [-0.1, -0.05) is 42.5 Å². The van der Waals surface area contributed by atoms with Gasteiger partial charge in [-0.05, 0) is 17.7 Å². The smallest absolute Gasteiger partial charge is 0.361 e. The number of amides is 1. The second-order valence-electron chi connectivity index (χ2n) is 6.34. The van der Waals surface area contributed by atoms with Crippen LogP contribution in [0.15, 0.2) is 71.9 Å². The van der Waals surface area contributed by atoms with Gasteiger partial charge in [0.05, 0.1) is 11.7 Å². The van der Waals surface area contributed by atoms with Gasteiger partial charge in [-0.3, -0.25) is 9.69 Å². The van der Waals surface area contributed by atoms with Crippen LogP contribution in [-0.2, 0) is 9.53 Å². The maximum Gasteiger partial charge on any atom is 0.361 e. The van der Waals surface area contributed by atoms with Gasteiger partial charge in [-0.25, -0.2) is 14.8 Å². The molecule has 2 aromatic carbocycles. The Hall–Kier alpha value is -3.39. The van der Waals surface area contributed by atoms with Gasteiger partial charge in [0.2, 0.25) is 0 Å². The summed E-state index contributed by atoms with van der Waals surface area (Å²) in [6.07, 6.45) is 2.72. The minimum absolute atomic E-state index is 0.0353. The van der Waals surface area contributed by atoms with Gasteiger partial charge in [-0.15, -0.1) is 11.8 Å². The summed E-state index contributed by atoms with van der Waals surface area (Å²) in [6.45, 7) is -0.419. The Bertz CT molecular complexity index is 1040. The van der Waals surface area contributed by atoms with Crippen molar-refractivity contribution >= 4 is 35.1 Å². The van der Waals surface area contributed by atoms with Gasteiger partial charge in [0.25, 0.3) is 5.91 Å². The lowest BCUT2D eigenvalue weighted by Crippen LogP contribution is -2.41. The number of hydrogen-bond acceptors (Lipinski definition) is 7. The molecular formula is C21H18N4O3S. The van der Waals surface area contributed by atoms with Gasteiger partial charge in [0.15, 0.2) is 18.1 Å². The second-order valence-corrected chi connectivity index (χ2v) is 7.40. The lowest BCUT2D eigenvalue weighted by molar-refractivity contribution is -0.122. The van der Waals surface area contributed by atoms with E-state index >= 15 is 0 Å². The summed E-state index contributed by atoms with van der Waals surface area (Å²) in [5.41, 5.74) is 7.38. The lowest BCUT2D eigenvalue weighted by atomic mass is 10.1. The van der Waals surface area contributed by atoms with Gasteiger partial charge >= 0.3 is 5.97 Å². The molecular weight excluding hydrogens is 388 g/mol. The number of benzene rings is 2. The van der Waals surface area contributed by atoms with Gasteiger partial charge in [0.1, 0.15) is 0 Å². The van der Waals surface area contributed by atoms with Crippen molar-refractivity contribution in [2.75, 3.05) is 23.0 Å². The number of aromatic nitrogens is 2. The van der Waals surface area contributed by atoms with Crippen molar-refractivity contribution in [1.29, 1.82) is 0 Å². The molecule has 2 heterocycles. The average Bonchev–Trinajstić information content (AvgIpc) is 2.77. The molecule has 2 N–H and O–H groups in total. The number of rotatable bonds is 4. The van der Waals surface area contributed by atoms with Crippen molar-refractivity contribution in [2.24, 2.45) is 0 Å². The van der Waals surface area contributed by atoms with Crippen LogP contribution in [0.5, 0.6) is 0 Å². The minimum Gasteiger partial charge on any atom is -0.451 e. The Morgan fingerprint density at radius 3 is 2.59 bits per heavy atom. The highest BCUT2D eigenvalue weighted by Gasteiger charge is 2.33. The van der Waals surface area contributed by atoms with E-state index in [0.717, 1.165) is 16.1 Å². The topological polar surface area (TPSA) is 98.4 Å². The van der Waals surface area contributed by atoms with E-state index in [-0.39, 0.29) is 23.5 Å². The molecule has 0 aliphatic carbocycles. The highest BCUT2D eigenvalue weighted by molar-refractivity contribution is 7.99. The third-order valence-corrected chi connectivity index (χ3v) is 5.67. The van der Waals surface area contributed by atoms with Crippen molar-refractivity contribution in [3.63, 3.8) is 0 Å². The number of carbonyl (C=O) groups is 2. The number of hydrogen-bond donors (Lipinski definition) is 1. The highest BCUT2D eigenvalue weighted by Crippen LogP contribution is 2.43. The number of nitrogen functional groups attached to an aromatic ring is 1. The molecule has 1 atom stereocenters. The number of esters is 1. The number of carbonyl (C=O) groups excluding carboxylic acids is 2. The molecule has 146 valence electrons. The molecule has 4 rings (SSSR count). The number of anilines is 2. The second kappa shape index (κ2) is 8.32. The molecule has 29 heavy (non-hydrogen) atoms.